The highest BCUT2D eigenvalue weighted by molar-refractivity contribution is 6.30. The molecule has 4 heteroatoms. The van der Waals surface area contributed by atoms with Crippen LogP contribution in [0.15, 0.2) is 24.3 Å². The topological polar surface area (TPSA) is 38.3 Å². The van der Waals surface area contributed by atoms with Crippen molar-refractivity contribution in [3.8, 4) is 0 Å². The van der Waals surface area contributed by atoms with Crippen molar-refractivity contribution >= 4 is 17.6 Å². The highest BCUT2D eigenvalue weighted by Crippen LogP contribution is 2.11. The van der Waals surface area contributed by atoms with Gasteiger partial charge in [0, 0.05) is 5.02 Å². The number of halogens is 1. The summed E-state index contributed by atoms with van der Waals surface area (Å²) in [7, 11) is 1.74. The first kappa shape index (κ1) is 13.0. The van der Waals surface area contributed by atoms with Crippen LogP contribution < -0.4 is 5.32 Å². The summed E-state index contributed by atoms with van der Waals surface area (Å²) >= 11 is 5.82. The van der Waals surface area contributed by atoms with Crippen molar-refractivity contribution in [3.05, 3.63) is 34.9 Å². The van der Waals surface area contributed by atoms with Crippen molar-refractivity contribution in [3.63, 3.8) is 0 Å². The van der Waals surface area contributed by atoms with Gasteiger partial charge in [-0.25, -0.2) is 0 Å². The van der Waals surface area contributed by atoms with Gasteiger partial charge in [-0.1, -0.05) is 30.7 Å². The largest absolute Gasteiger partial charge is 0.460 e. The molecule has 0 heterocycles. The fourth-order valence-corrected chi connectivity index (χ4v) is 1.58. The molecule has 0 saturated carbocycles. The molecule has 1 N–H and O–H groups in total. The molecular weight excluding hydrogens is 226 g/mol. The van der Waals surface area contributed by atoms with Crippen molar-refractivity contribution in [1.82, 2.24) is 5.32 Å². The molecule has 3 nitrogen and oxygen atoms in total. The molecule has 1 atom stereocenters. The first-order chi connectivity index (χ1) is 7.67. The number of carbonyl (C=O) groups is 1. The third-order valence-corrected chi connectivity index (χ3v) is 2.55. The van der Waals surface area contributed by atoms with E-state index in [1.807, 2.05) is 19.1 Å². The van der Waals surface area contributed by atoms with Crippen LogP contribution in [0.4, 0.5) is 0 Å². The molecule has 0 radical (unpaired) electrons. The molecule has 0 aliphatic carbocycles. The Hall–Kier alpha value is -1.06. The summed E-state index contributed by atoms with van der Waals surface area (Å²) in [6, 6.07) is 7.05. The van der Waals surface area contributed by atoms with Gasteiger partial charge in [-0.05, 0) is 31.2 Å². The van der Waals surface area contributed by atoms with Crippen LogP contribution in [-0.2, 0) is 16.1 Å². The number of benzene rings is 1. The number of likely N-dealkylation sites (N-methyl/N-ethyl adjacent to an activating group) is 1. The average molecular weight is 242 g/mol. The van der Waals surface area contributed by atoms with Gasteiger partial charge >= 0.3 is 5.97 Å². The number of rotatable bonds is 5. The third-order valence-electron chi connectivity index (χ3n) is 2.31. The Kier molecular flexibility index (Phi) is 5.29. The monoisotopic (exact) mass is 241 g/mol. The zero-order valence-electron chi connectivity index (χ0n) is 9.50. The minimum absolute atomic E-state index is 0.232. The van der Waals surface area contributed by atoms with Crippen LogP contribution >= 0.6 is 11.6 Å². The number of esters is 1. The Balaban J connectivity index is 2.48. The lowest BCUT2D eigenvalue weighted by atomic mass is 10.2. The van der Waals surface area contributed by atoms with Crippen LogP contribution in [0.2, 0.25) is 5.02 Å². The molecule has 0 aromatic heterocycles. The Morgan fingerprint density at radius 1 is 1.56 bits per heavy atom. The molecule has 0 spiro atoms. The van der Waals surface area contributed by atoms with Gasteiger partial charge in [-0.15, -0.1) is 0 Å². The van der Waals surface area contributed by atoms with E-state index in [1.165, 1.54) is 0 Å². The number of hydrogen-bond donors (Lipinski definition) is 1. The second-order valence-corrected chi connectivity index (χ2v) is 3.92. The lowest BCUT2D eigenvalue weighted by Gasteiger charge is -2.12. The number of nitrogens with one attached hydrogen (secondary N) is 1. The number of carbonyl (C=O) groups excluding carboxylic acids is 1. The quantitative estimate of drug-likeness (QED) is 0.805. The molecule has 1 aromatic rings. The first-order valence-electron chi connectivity index (χ1n) is 5.25. The van der Waals surface area contributed by atoms with E-state index in [1.54, 1.807) is 19.2 Å². The van der Waals surface area contributed by atoms with Crippen LogP contribution in [0.1, 0.15) is 18.9 Å². The molecule has 1 unspecified atom stereocenters. The minimum atomic E-state index is -0.237. The summed E-state index contributed by atoms with van der Waals surface area (Å²) < 4.78 is 5.17. The molecule has 0 aliphatic heterocycles. The fraction of sp³-hybridized carbons (Fsp3) is 0.417. The highest BCUT2D eigenvalue weighted by atomic mass is 35.5. The molecule has 1 aromatic carbocycles. The van der Waals surface area contributed by atoms with Gasteiger partial charge in [0.1, 0.15) is 12.6 Å². The van der Waals surface area contributed by atoms with Gasteiger partial charge in [0.15, 0.2) is 0 Å². The predicted octanol–water partition coefficient (Wildman–Crippen LogP) is 2.38. The average Bonchev–Trinajstić information content (AvgIpc) is 2.28. The van der Waals surface area contributed by atoms with Crippen LogP contribution in [0.5, 0.6) is 0 Å². The molecular formula is C12H16ClNO2. The van der Waals surface area contributed by atoms with Crippen LogP contribution in [-0.4, -0.2) is 19.1 Å². The Morgan fingerprint density at radius 2 is 2.31 bits per heavy atom. The summed E-state index contributed by atoms with van der Waals surface area (Å²) in [5, 5.41) is 3.55. The third kappa shape index (κ3) is 3.83. The maximum Gasteiger partial charge on any atom is 0.323 e. The standard InChI is InChI=1S/C12H16ClNO2/c1-3-11(14-2)12(15)16-8-9-5-4-6-10(13)7-9/h4-7,11,14H,3,8H2,1-2H3. The number of ether oxygens (including phenoxy) is 1. The molecule has 16 heavy (non-hydrogen) atoms. The van der Waals surface area contributed by atoms with Gasteiger partial charge in [0.2, 0.25) is 0 Å². The lowest BCUT2D eigenvalue weighted by molar-refractivity contribution is -0.147. The minimum Gasteiger partial charge on any atom is -0.460 e. The normalized spacial score (nSPS) is 12.2. The maximum absolute atomic E-state index is 11.5. The lowest BCUT2D eigenvalue weighted by Crippen LogP contribution is -2.34. The van der Waals surface area contributed by atoms with Crippen molar-refractivity contribution < 1.29 is 9.53 Å². The van der Waals surface area contributed by atoms with E-state index < -0.39 is 0 Å². The van der Waals surface area contributed by atoms with Gasteiger partial charge in [-0.2, -0.15) is 0 Å². The Labute approximate surface area is 101 Å². The van der Waals surface area contributed by atoms with E-state index in [0.29, 0.717) is 11.4 Å². The van der Waals surface area contributed by atoms with E-state index in [4.69, 9.17) is 16.3 Å². The molecule has 1 rings (SSSR count). The van der Waals surface area contributed by atoms with Crippen LogP contribution in [0, 0.1) is 0 Å². The van der Waals surface area contributed by atoms with Crippen LogP contribution in [0.25, 0.3) is 0 Å². The number of hydrogen-bond acceptors (Lipinski definition) is 3. The summed E-state index contributed by atoms with van der Waals surface area (Å²) in [6.07, 6.45) is 0.713. The highest BCUT2D eigenvalue weighted by Gasteiger charge is 2.15. The van der Waals surface area contributed by atoms with Gasteiger partial charge in [-0.3, -0.25) is 4.79 Å². The van der Waals surface area contributed by atoms with Crippen molar-refractivity contribution in [1.29, 1.82) is 0 Å². The summed E-state index contributed by atoms with van der Waals surface area (Å²) in [5.74, 6) is -0.232. The van der Waals surface area contributed by atoms with E-state index in [0.717, 1.165) is 5.56 Å². The molecule has 0 amide bonds. The van der Waals surface area contributed by atoms with Crippen molar-refractivity contribution in [2.75, 3.05) is 7.05 Å². The first-order valence-corrected chi connectivity index (χ1v) is 5.63. The maximum atomic E-state index is 11.5. The van der Waals surface area contributed by atoms with Crippen molar-refractivity contribution in [2.24, 2.45) is 0 Å². The second kappa shape index (κ2) is 6.51. The van der Waals surface area contributed by atoms with E-state index in [-0.39, 0.29) is 18.6 Å². The molecule has 88 valence electrons. The summed E-state index contributed by atoms with van der Waals surface area (Å²) in [5.41, 5.74) is 0.895. The molecule has 0 saturated heterocycles. The second-order valence-electron chi connectivity index (χ2n) is 3.49. The molecule has 0 fully saturated rings. The predicted molar refractivity (Wildman–Crippen MR) is 64.4 cm³/mol. The zero-order valence-corrected chi connectivity index (χ0v) is 10.3. The van der Waals surface area contributed by atoms with Gasteiger partial charge < -0.3 is 10.1 Å². The van der Waals surface area contributed by atoms with Gasteiger partial charge in [0.05, 0.1) is 0 Å². The summed E-state index contributed by atoms with van der Waals surface area (Å²) in [4.78, 5) is 11.5. The van der Waals surface area contributed by atoms with E-state index in [2.05, 4.69) is 5.32 Å². The molecule has 0 bridgehead atoms. The van der Waals surface area contributed by atoms with Gasteiger partial charge in [0.25, 0.3) is 0 Å². The van der Waals surface area contributed by atoms with Crippen LogP contribution in [0.3, 0.4) is 0 Å². The fourth-order valence-electron chi connectivity index (χ4n) is 1.37. The van der Waals surface area contributed by atoms with Crippen molar-refractivity contribution in [2.45, 2.75) is 26.0 Å². The SMILES string of the molecule is CCC(NC)C(=O)OCc1cccc(Cl)c1. The smallest absolute Gasteiger partial charge is 0.323 e. The Morgan fingerprint density at radius 3 is 2.88 bits per heavy atom. The zero-order chi connectivity index (χ0) is 12.0. The van der Waals surface area contributed by atoms with E-state index >= 15 is 0 Å². The Bertz CT molecular complexity index is 351. The summed E-state index contributed by atoms with van der Waals surface area (Å²) in [6.45, 7) is 2.19. The molecule has 0 aliphatic rings. The van der Waals surface area contributed by atoms with E-state index in [9.17, 15) is 4.79 Å².